The lowest BCUT2D eigenvalue weighted by Gasteiger charge is -2.27. The summed E-state index contributed by atoms with van der Waals surface area (Å²) in [5, 5.41) is 14.7. The molecule has 2 amide bonds. The lowest BCUT2D eigenvalue weighted by molar-refractivity contribution is -0.142. The Kier molecular flexibility index (Phi) is 5.70. The van der Waals surface area contributed by atoms with Crippen LogP contribution in [0.4, 0.5) is 10.5 Å². The molecule has 8 nitrogen and oxygen atoms in total. The van der Waals surface area contributed by atoms with Crippen LogP contribution in [0, 0.1) is 5.92 Å². The minimum atomic E-state index is -0.759. The lowest BCUT2D eigenvalue weighted by Crippen LogP contribution is -2.41. The molecule has 0 unspecified atom stereocenters. The number of carboxylic acid groups (broad SMARTS) is 1. The maximum atomic E-state index is 12.4. The van der Waals surface area contributed by atoms with Crippen LogP contribution in [0.5, 0.6) is 17.2 Å². The number of hydrogen-bond donors (Lipinski definition) is 3. The van der Waals surface area contributed by atoms with E-state index < -0.39 is 5.97 Å². The third-order valence-electron chi connectivity index (χ3n) is 4.60. The SMILES string of the molecule is CCOc1cc2c(cc1NC(=O)NC1CCC(C(=O)O)CC1)OCCO2. The highest BCUT2D eigenvalue weighted by Gasteiger charge is 2.27. The second-order valence-corrected chi connectivity index (χ2v) is 6.41. The summed E-state index contributed by atoms with van der Waals surface area (Å²) < 4.78 is 16.7. The fourth-order valence-corrected chi connectivity index (χ4v) is 3.27. The normalized spacial score (nSPS) is 21.6. The van der Waals surface area contributed by atoms with Crippen molar-refractivity contribution < 1.29 is 28.9 Å². The highest BCUT2D eigenvalue weighted by Crippen LogP contribution is 2.39. The number of benzene rings is 1. The van der Waals surface area contributed by atoms with Crippen LogP contribution < -0.4 is 24.8 Å². The number of ether oxygens (including phenoxy) is 3. The third kappa shape index (κ3) is 4.30. The molecule has 3 rings (SSSR count). The summed E-state index contributed by atoms with van der Waals surface area (Å²) in [6, 6.07) is 3.03. The molecular formula is C18H24N2O6. The Bertz CT molecular complexity index is 670. The van der Waals surface area contributed by atoms with Crippen molar-refractivity contribution in [2.24, 2.45) is 5.92 Å². The molecule has 142 valence electrons. The summed E-state index contributed by atoms with van der Waals surface area (Å²) in [4.78, 5) is 23.4. The maximum absolute atomic E-state index is 12.4. The summed E-state index contributed by atoms with van der Waals surface area (Å²) in [6.45, 7) is 3.25. The maximum Gasteiger partial charge on any atom is 0.319 e. The predicted molar refractivity (Wildman–Crippen MR) is 94.1 cm³/mol. The summed E-state index contributed by atoms with van der Waals surface area (Å²) in [5.74, 6) is 0.611. The first-order chi connectivity index (χ1) is 12.6. The van der Waals surface area contributed by atoms with Crippen molar-refractivity contribution in [3.8, 4) is 17.2 Å². The minimum Gasteiger partial charge on any atom is -0.492 e. The molecule has 0 aromatic heterocycles. The summed E-state index contributed by atoms with van der Waals surface area (Å²) in [6.07, 6.45) is 2.47. The predicted octanol–water partition coefficient (Wildman–Crippen LogP) is 2.62. The van der Waals surface area contributed by atoms with Gasteiger partial charge in [-0.1, -0.05) is 0 Å². The van der Waals surface area contributed by atoms with E-state index in [4.69, 9.17) is 19.3 Å². The topological polar surface area (TPSA) is 106 Å². The molecule has 1 aromatic rings. The summed E-state index contributed by atoms with van der Waals surface area (Å²) in [7, 11) is 0. The number of carbonyl (C=O) groups is 2. The smallest absolute Gasteiger partial charge is 0.319 e. The van der Waals surface area contributed by atoms with Gasteiger partial charge in [0.05, 0.1) is 18.2 Å². The Labute approximate surface area is 151 Å². The molecule has 0 bridgehead atoms. The Morgan fingerprint density at radius 3 is 2.42 bits per heavy atom. The highest BCUT2D eigenvalue weighted by molar-refractivity contribution is 5.91. The van der Waals surface area contributed by atoms with Gasteiger partial charge in [0.2, 0.25) is 0 Å². The van der Waals surface area contributed by atoms with Crippen molar-refractivity contribution >= 4 is 17.7 Å². The summed E-state index contributed by atoms with van der Waals surface area (Å²) in [5.41, 5.74) is 0.507. The van der Waals surface area contributed by atoms with Gasteiger partial charge >= 0.3 is 12.0 Å². The van der Waals surface area contributed by atoms with Crippen molar-refractivity contribution in [2.75, 3.05) is 25.1 Å². The Morgan fingerprint density at radius 1 is 1.15 bits per heavy atom. The zero-order chi connectivity index (χ0) is 18.5. The second kappa shape index (κ2) is 8.16. The number of hydrogen-bond acceptors (Lipinski definition) is 5. The van der Waals surface area contributed by atoms with Gasteiger partial charge in [-0.05, 0) is 32.6 Å². The van der Waals surface area contributed by atoms with Crippen LogP contribution in [0.3, 0.4) is 0 Å². The van der Waals surface area contributed by atoms with Crippen molar-refractivity contribution in [3.63, 3.8) is 0 Å². The number of fused-ring (bicyclic) bond motifs is 1. The Hall–Kier alpha value is -2.64. The van der Waals surface area contributed by atoms with Crippen LogP contribution >= 0.6 is 0 Å². The van der Waals surface area contributed by atoms with Crippen LogP contribution in [0.1, 0.15) is 32.6 Å². The molecule has 1 fully saturated rings. The Morgan fingerprint density at radius 2 is 1.81 bits per heavy atom. The number of carbonyl (C=O) groups excluding carboxylic acids is 1. The molecule has 1 aliphatic heterocycles. The molecule has 1 heterocycles. The Balaban J connectivity index is 1.62. The number of aliphatic carboxylic acids is 1. The van der Waals surface area contributed by atoms with E-state index in [1.54, 1.807) is 12.1 Å². The standard InChI is InChI=1S/C18H24N2O6/c1-2-24-14-10-16-15(25-7-8-26-16)9-13(14)20-18(23)19-12-5-3-11(4-6-12)17(21)22/h9-12H,2-8H2,1H3,(H,21,22)(H2,19,20,23). The molecule has 0 radical (unpaired) electrons. The molecule has 1 saturated carbocycles. The molecule has 0 saturated heterocycles. The van der Waals surface area contributed by atoms with Crippen molar-refractivity contribution in [3.05, 3.63) is 12.1 Å². The van der Waals surface area contributed by atoms with Gasteiger partial charge in [-0.15, -0.1) is 0 Å². The van der Waals surface area contributed by atoms with Crippen LogP contribution in [0.2, 0.25) is 0 Å². The van der Waals surface area contributed by atoms with E-state index in [1.165, 1.54) is 0 Å². The van der Waals surface area contributed by atoms with Crippen LogP contribution in [0.15, 0.2) is 12.1 Å². The first-order valence-electron chi connectivity index (χ1n) is 8.93. The van der Waals surface area contributed by atoms with Gasteiger partial charge in [0.25, 0.3) is 0 Å². The third-order valence-corrected chi connectivity index (χ3v) is 4.60. The molecule has 1 aliphatic carbocycles. The zero-order valence-electron chi connectivity index (χ0n) is 14.7. The van der Waals surface area contributed by atoms with Gasteiger partial charge in [-0.3, -0.25) is 4.79 Å². The fraction of sp³-hybridized carbons (Fsp3) is 0.556. The van der Waals surface area contributed by atoms with Crippen molar-refractivity contribution in [1.29, 1.82) is 0 Å². The van der Waals surface area contributed by atoms with Crippen LogP contribution in [0.25, 0.3) is 0 Å². The van der Waals surface area contributed by atoms with E-state index in [1.807, 2.05) is 6.92 Å². The van der Waals surface area contributed by atoms with E-state index in [-0.39, 0.29) is 18.0 Å². The van der Waals surface area contributed by atoms with Gasteiger partial charge in [0.1, 0.15) is 19.0 Å². The van der Waals surface area contributed by atoms with E-state index in [0.29, 0.717) is 68.4 Å². The number of urea groups is 1. The van der Waals surface area contributed by atoms with Gasteiger partial charge in [-0.2, -0.15) is 0 Å². The zero-order valence-corrected chi connectivity index (χ0v) is 14.7. The van der Waals surface area contributed by atoms with Gasteiger partial charge in [-0.25, -0.2) is 4.79 Å². The number of anilines is 1. The molecule has 0 atom stereocenters. The molecule has 0 spiro atoms. The largest absolute Gasteiger partial charge is 0.492 e. The number of rotatable bonds is 5. The van der Waals surface area contributed by atoms with Crippen LogP contribution in [-0.2, 0) is 4.79 Å². The van der Waals surface area contributed by atoms with E-state index >= 15 is 0 Å². The summed E-state index contributed by atoms with van der Waals surface area (Å²) >= 11 is 0. The first-order valence-corrected chi connectivity index (χ1v) is 8.93. The monoisotopic (exact) mass is 364 g/mol. The van der Waals surface area contributed by atoms with Gasteiger partial charge in [0.15, 0.2) is 11.5 Å². The van der Waals surface area contributed by atoms with Gasteiger partial charge < -0.3 is 30.0 Å². The first kappa shape index (κ1) is 18.2. The minimum absolute atomic E-state index is 0.0293. The van der Waals surface area contributed by atoms with Gasteiger partial charge in [0, 0.05) is 18.2 Å². The quantitative estimate of drug-likeness (QED) is 0.742. The highest BCUT2D eigenvalue weighted by atomic mass is 16.6. The second-order valence-electron chi connectivity index (χ2n) is 6.41. The number of nitrogens with one attached hydrogen (secondary N) is 2. The van der Waals surface area contributed by atoms with E-state index in [0.717, 1.165) is 0 Å². The lowest BCUT2D eigenvalue weighted by atomic mass is 9.86. The molecule has 26 heavy (non-hydrogen) atoms. The molecule has 1 aromatic carbocycles. The number of carboxylic acids is 1. The fourth-order valence-electron chi connectivity index (χ4n) is 3.27. The van der Waals surface area contributed by atoms with E-state index in [2.05, 4.69) is 10.6 Å². The average Bonchev–Trinajstić information content (AvgIpc) is 2.62. The molecular weight excluding hydrogens is 340 g/mol. The molecule has 3 N–H and O–H groups in total. The average molecular weight is 364 g/mol. The van der Waals surface area contributed by atoms with Crippen molar-refractivity contribution in [2.45, 2.75) is 38.6 Å². The van der Waals surface area contributed by atoms with Crippen molar-refractivity contribution in [1.82, 2.24) is 5.32 Å². The van der Waals surface area contributed by atoms with E-state index in [9.17, 15) is 9.59 Å². The molecule has 2 aliphatic rings. The van der Waals surface area contributed by atoms with Crippen LogP contribution in [-0.4, -0.2) is 43.0 Å². The number of amides is 2. The molecule has 8 heteroatoms.